The number of hydrogen-bond donors (Lipinski definition) is 3. The number of benzene rings is 3. The fourth-order valence-electron chi connectivity index (χ4n) is 4.94. The molecule has 47 heavy (non-hydrogen) atoms. The number of nitrogens with zero attached hydrogens (tertiary/aromatic N) is 1. The van der Waals surface area contributed by atoms with Gasteiger partial charge in [0.2, 0.25) is 17.7 Å². The van der Waals surface area contributed by atoms with E-state index >= 15 is 0 Å². The van der Waals surface area contributed by atoms with Crippen molar-refractivity contribution < 1.29 is 37.8 Å². The van der Waals surface area contributed by atoms with Gasteiger partial charge >= 0.3 is 0 Å². The number of carbonyl (C=O) groups is 4. The van der Waals surface area contributed by atoms with Gasteiger partial charge in [-0.25, -0.2) is 4.39 Å². The molecule has 0 aromatic heterocycles. The van der Waals surface area contributed by atoms with Gasteiger partial charge in [-0.1, -0.05) is 44.2 Å². The van der Waals surface area contributed by atoms with E-state index in [2.05, 4.69) is 16.0 Å². The molecule has 0 radical (unpaired) electrons. The van der Waals surface area contributed by atoms with Gasteiger partial charge in [0.05, 0.1) is 24.6 Å². The fraction of sp³-hybridized carbons (Fsp3) is 0.371. The molecule has 3 aromatic rings. The molecule has 1 heterocycles. The van der Waals surface area contributed by atoms with Crippen molar-refractivity contribution in [3.8, 4) is 23.0 Å². The number of fused-ring (bicyclic) bond motifs is 1. The predicted molar refractivity (Wildman–Crippen MR) is 173 cm³/mol. The number of para-hydroxylation sites is 3. The number of carbonyl (C=O) groups excluding carboxylic acids is 4. The summed E-state index contributed by atoms with van der Waals surface area (Å²) in [4.78, 5) is 55.0. The topological polar surface area (TPSA) is 135 Å². The van der Waals surface area contributed by atoms with E-state index in [1.54, 1.807) is 68.6 Å². The second-order valence-electron chi connectivity index (χ2n) is 11.8. The largest absolute Gasteiger partial charge is 0.491 e. The number of rotatable bonds is 9. The maximum Gasteiger partial charge on any atom is 0.255 e. The second-order valence-corrected chi connectivity index (χ2v) is 11.8. The molecule has 4 rings (SSSR count). The average molecular weight is 649 g/mol. The minimum atomic E-state index is -1.28. The Hall–Kier alpha value is -5.13. The smallest absolute Gasteiger partial charge is 0.255 e. The highest BCUT2D eigenvalue weighted by atomic mass is 19.1. The van der Waals surface area contributed by atoms with Crippen molar-refractivity contribution in [2.45, 2.75) is 51.7 Å². The molecule has 0 spiro atoms. The highest BCUT2D eigenvalue weighted by Crippen LogP contribution is 2.31. The number of ether oxygens (including phenoxy) is 3. The summed E-state index contributed by atoms with van der Waals surface area (Å²) in [6.07, 6.45) is -0.0231. The van der Waals surface area contributed by atoms with Gasteiger partial charge in [-0.05, 0) is 55.7 Å². The van der Waals surface area contributed by atoms with Gasteiger partial charge in [0.25, 0.3) is 5.91 Å². The lowest BCUT2D eigenvalue weighted by Gasteiger charge is -2.27. The quantitative estimate of drug-likeness (QED) is 0.318. The van der Waals surface area contributed by atoms with Crippen molar-refractivity contribution in [3.63, 3.8) is 0 Å². The van der Waals surface area contributed by atoms with Crippen LogP contribution in [0.3, 0.4) is 0 Å². The van der Waals surface area contributed by atoms with Gasteiger partial charge in [0.1, 0.15) is 42.6 Å². The molecule has 3 aromatic carbocycles. The summed E-state index contributed by atoms with van der Waals surface area (Å²) >= 11 is 0. The molecule has 0 aliphatic carbocycles. The summed E-state index contributed by atoms with van der Waals surface area (Å²) in [6.45, 7) is 5.96. The Morgan fingerprint density at radius 2 is 1.72 bits per heavy atom. The van der Waals surface area contributed by atoms with E-state index in [1.807, 2.05) is 13.8 Å². The molecule has 3 N–H and O–H groups in total. The van der Waals surface area contributed by atoms with Crippen LogP contribution in [0.5, 0.6) is 23.0 Å². The third kappa shape index (κ3) is 10.2. The molecule has 12 heteroatoms. The molecule has 250 valence electrons. The maximum atomic E-state index is 13.7. The van der Waals surface area contributed by atoms with Crippen molar-refractivity contribution in [1.29, 1.82) is 0 Å². The lowest BCUT2D eigenvalue weighted by atomic mass is 10.0. The van der Waals surface area contributed by atoms with E-state index in [0.717, 1.165) is 0 Å². The molecular weight excluding hydrogens is 607 g/mol. The van der Waals surface area contributed by atoms with Crippen LogP contribution in [0.4, 0.5) is 4.39 Å². The van der Waals surface area contributed by atoms with Crippen LogP contribution >= 0.6 is 0 Å². The molecular formula is C35H41FN4O7. The normalized spacial score (nSPS) is 18.2. The van der Waals surface area contributed by atoms with Gasteiger partial charge in [0, 0.05) is 13.1 Å². The number of nitrogens with one attached hydrogen (secondary N) is 3. The lowest BCUT2D eigenvalue weighted by molar-refractivity contribution is -0.136. The predicted octanol–water partition coefficient (Wildman–Crippen LogP) is 4.07. The standard InChI is InChI=1S/C35H41FN4O7/c1-22(2)18-28-35(44)40(4)16-17-45-29-13-6-5-12-26(29)33(42)39-27(20-32(41)38-28)34(43)37-23(3)21-46-30-14-7-8-15-31(30)47-25-11-9-10-24(36)19-25/h5-15,19,22-23,27-28H,16-18,20-21H2,1-4H3,(H,37,43)(H,38,41)(H,39,42)/t23-,27+,28+/m1/s1. The van der Waals surface area contributed by atoms with Crippen LogP contribution in [0.2, 0.25) is 0 Å². The number of likely N-dealkylation sites (N-methyl/N-ethyl adjacent to an activating group) is 1. The first-order chi connectivity index (χ1) is 22.5. The van der Waals surface area contributed by atoms with Crippen molar-refractivity contribution in [3.05, 3.63) is 84.2 Å². The molecule has 11 nitrogen and oxygen atoms in total. The van der Waals surface area contributed by atoms with Crippen LogP contribution in [0.1, 0.15) is 44.0 Å². The molecule has 0 unspecified atom stereocenters. The van der Waals surface area contributed by atoms with Crippen molar-refractivity contribution in [2.24, 2.45) is 5.92 Å². The number of amides is 4. The summed E-state index contributed by atoms with van der Waals surface area (Å²) in [5.41, 5.74) is 0.181. The minimum Gasteiger partial charge on any atom is -0.491 e. The van der Waals surface area contributed by atoms with Crippen LogP contribution in [-0.4, -0.2) is 73.5 Å². The average Bonchev–Trinajstić information content (AvgIpc) is 3.03. The molecule has 0 saturated carbocycles. The monoisotopic (exact) mass is 648 g/mol. The van der Waals surface area contributed by atoms with Gasteiger partial charge < -0.3 is 35.1 Å². The fourth-order valence-corrected chi connectivity index (χ4v) is 4.94. The first-order valence-electron chi connectivity index (χ1n) is 15.5. The first-order valence-corrected chi connectivity index (χ1v) is 15.5. The Labute approximate surface area is 273 Å². The van der Waals surface area contributed by atoms with Crippen molar-refractivity contribution in [2.75, 3.05) is 26.8 Å². The Morgan fingerprint density at radius 1 is 1.00 bits per heavy atom. The number of hydrogen-bond acceptors (Lipinski definition) is 7. The third-order valence-electron chi connectivity index (χ3n) is 7.29. The zero-order valence-electron chi connectivity index (χ0n) is 27.0. The van der Waals surface area contributed by atoms with E-state index in [1.165, 1.54) is 23.1 Å². The zero-order chi connectivity index (χ0) is 33.9. The van der Waals surface area contributed by atoms with Crippen LogP contribution < -0.4 is 30.2 Å². The summed E-state index contributed by atoms with van der Waals surface area (Å²) in [5, 5.41) is 8.24. The minimum absolute atomic E-state index is 0.0100. The highest BCUT2D eigenvalue weighted by Gasteiger charge is 2.30. The zero-order valence-corrected chi connectivity index (χ0v) is 27.0. The van der Waals surface area contributed by atoms with E-state index in [-0.39, 0.29) is 42.9 Å². The Balaban J connectivity index is 1.49. The van der Waals surface area contributed by atoms with Crippen LogP contribution in [-0.2, 0) is 14.4 Å². The summed E-state index contributed by atoms with van der Waals surface area (Å²) < 4.78 is 31.2. The van der Waals surface area contributed by atoms with Gasteiger partial charge in [-0.3, -0.25) is 19.2 Å². The summed E-state index contributed by atoms with van der Waals surface area (Å²) in [5.74, 6) is -1.11. The summed E-state index contributed by atoms with van der Waals surface area (Å²) in [6, 6.07) is 16.4. The van der Waals surface area contributed by atoms with Crippen molar-refractivity contribution >= 4 is 23.6 Å². The van der Waals surface area contributed by atoms with Crippen LogP contribution in [0.25, 0.3) is 0 Å². The first kappa shape index (κ1) is 34.7. The van der Waals surface area contributed by atoms with Gasteiger partial charge in [0.15, 0.2) is 11.5 Å². The van der Waals surface area contributed by atoms with E-state index in [9.17, 15) is 23.6 Å². The second kappa shape index (κ2) is 16.4. The molecule has 3 atom stereocenters. The van der Waals surface area contributed by atoms with Crippen molar-refractivity contribution in [1.82, 2.24) is 20.9 Å². The maximum absolute atomic E-state index is 13.7. The Bertz CT molecular complexity index is 1570. The molecule has 4 amide bonds. The third-order valence-corrected chi connectivity index (χ3v) is 7.29. The van der Waals surface area contributed by atoms with Gasteiger partial charge in [-0.2, -0.15) is 0 Å². The summed E-state index contributed by atoms with van der Waals surface area (Å²) in [7, 11) is 1.63. The van der Waals surface area contributed by atoms with E-state index in [4.69, 9.17) is 14.2 Å². The Morgan fingerprint density at radius 3 is 2.47 bits per heavy atom. The molecule has 1 aliphatic rings. The van der Waals surface area contributed by atoms with Gasteiger partial charge in [-0.15, -0.1) is 0 Å². The molecule has 0 saturated heterocycles. The number of halogens is 1. The van der Waals surface area contributed by atoms with Crippen LogP contribution in [0, 0.1) is 11.7 Å². The van der Waals surface area contributed by atoms with Crippen LogP contribution in [0.15, 0.2) is 72.8 Å². The molecule has 0 fully saturated rings. The van der Waals surface area contributed by atoms with E-state index < -0.39 is 48.1 Å². The molecule has 1 aliphatic heterocycles. The Kier molecular flexibility index (Phi) is 12.1. The van der Waals surface area contributed by atoms with E-state index in [0.29, 0.717) is 23.7 Å². The SMILES string of the molecule is CC(C)C[C@@H]1NC(=O)C[C@@H](C(=O)N[C@H](C)COc2ccccc2Oc2cccc(F)c2)NC(=O)c2ccccc2OCCN(C)C1=O. The molecule has 0 bridgehead atoms. The lowest BCUT2D eigenvalue weighted by Crippen LogP contribution is -2.54. The highest BCUT2D eigenvalue weighted by molar-refractivity contribution is 6.01.